The SMILES string of the molecule is CC1=Cc2c(cccc2-c2cncnc2)C1. The highest BCUT2D eigenvalue weighted by Gasteiger charge is 2.13. The summed E-state index contributed by atoms with van der Waals surface area (Å²) >= 11 is 0. The van der Waals surface area contributed by atoms with E-state index >= 15 is 0 Å². The molecule has 1 aliphatic rings. The smallest absolute Gasteiger partial charge is 0.115 e. The van der Waals surface area contributed by atoms with Crippen LogP contribution in [-0.2, 0) is 6.42 Å². The molecule has 0 saturated heterocycles. The number of hydrogen-bond acceptors (Lipinski definition) is 2. The molecule has 0 saturated carbocycles. The first-order valence-corrected chi connectivity index (χ1v) is 5.39. The number of nitrogens with zero attached hydrogens (tertiary/aromatic N) is 2. The van der Waals surface area contributed by atoms with Crippen LogP contribution in [-0.4, -0.2) is 9.97 Å². The van der Waals surface area contributed by atoms with E-state index in [1.165, 1.54) is 22.3 Å². The van der Waals surface area contributed by atoms with E-state index in [0.717, 1.165) is 12.0 Å². The van der Waals surface area contributed by atoms with Crippen LogP contribution in [0.5, 0.6) is 0 Å². The molecule has 1 aliphatic carbocycles. The van der Waals surface area contributed by atoms with Crippen molar-refractivity contribution in [2.75, 3.05) is 0 Å². The minimum Gasteiger partial charge on any atom is -0.244 e. The third-order valence-corrected chi connectivity index (χ3v) is 2.93. The van der Waals surface area contributed by atoms with E-state index in [-0.39, 0.29) is 0 Å². The van der Waals surface area contributed by atoms with E-state index in [2.05, 4.69) is 41.2 Å². The molecule has 78 valence electrons. The van der Waals surface area contributed by atoms with Gasteiger partial charge in [-0.25, -0.2) is 9.97 Å². The standard InChI is InChI=1S/C14H12N2/c1-10-5-11-3-2-4-13(14(11)6-10)12-7-15-9-16-8-12/h2-4,6-9H,5H2,1H3. The lowest BCUT2D eigenvalue weighted by Crippen LogP contribution is -1.88. The number of aromatic nitrogens is 2. The lowest BCUT2D eigenvalue weighted by Gasteiger charge is -2.06. The molecular weight excluding hydrogens is 196 g/mol. The van der Waals surface area contributed by atoms with Crippen molar-refractivity contribution in [3.05, 3.63) is 53.6 Å². The van der Waals surface area contributed by atoms with Gasteiger partial charge in [0.1, 0.15) is 6.33 Å². The van der Waals surface area contributed by atoms with Gasteiger partial charge in [-0.3, -0.25) is 0 Å². The van der Waals surface area contributed by atoms with Gasteiger partial charge >= 0.3 is 0 Å². The zero-order chi connectivity index (χ0) is 11.0. The van der Waals surface area contributed by atoms with Crippen molar-refractivity contribution in [3.8, 4) is 11.1 Å². The van der Waals surface area contributed by atoms with Crippen LogP contribution < -0.4 is 0 Å². The van der Waals surface area contributed by atoms with Crippen LogP contribution in [0, 0.1) is 0 Å². The average Bonchev–Trinajstić information content (AvgIpc) is 2.70. The summed E-state index contributed by atoms with van der Waals surface area (Å²) in [4.78, 5) is 8.15. The van der Waals surface area contributed by atoms with Gasteiger partial charge in [-0.2, -0.15) is 0 Å². The first kappa shape index (κ1) is 9.28. The summed E-state index contributed by atoms with van der Waals surface area (Å²) in [5.74, 6) is 0. The zero-order valence-electron chi connectivity index (χ0n) is 9.14. The normalized spacial score (nSPS) is 13.4. The van der Waals surface area contributed by atoms with Gasteiger partial charge in [0.25, 0.3) is 0 Å². The molecular formula is C14H12N2. The molecule has 16 heavy (non-hydrogen) atoms. The fourth-order valence-corrected chi connectivity index (χ4v) is 2.23. The van der Waals surface area contributed by atoms with Crippen molar-refractivity contribution in [3.63, 3.8) is 0 Å². The third-order valence-electron chi connectivity index (χ3n) is 2.93. The number of hydrogen-bond donors (Lipinski definition) is 0. The molecule has 0 bridgehead atoms. The number of allylic oxidation sites excluding steroid dienone is 1. The lowest BCUT2D eigenvalue weighted by atomic mass is 9.99. The van der Waals surface area contributed by atoms with Gasteiger partial charge in [-0.05, 0) is 30.0 Å². The number of benzene rings is 1. The van der Waals surface area contributed by atoms with Crippen LogP contribution in [0.3, 0.4) is 0 Å². The molecule has 0 spiro atoms. The predicted molar refractivity (Wildman–Crippen MR) is 64.8 cm³/mol. The summed E-state index contributed by atoms with van der Waals surface area (Å²) in [6.07, 6.45) is 8.62. The summed E-state index contributed by atoms with van der Waals surface area (Å²) < 4.78 is 0. The fraction of sp³-hybridized carbons (Fsp3) is 0.143. The molecule has 1 aromatic carbocycles. The molecule has 0 atom stereocenters. The van der Waals surface area contributed by atoms with Gasteiger partial charge in [-0.1, -0.05) is 29.8 Å². The van der Waals surface area contributed by atoms with Crippen molar-refractivity contribution < 1.29 is 0 Å². The summed E-state index contributed by atoms with van der Waals surface area (Å²) in [5.41, 5.74) is 6.47. The summed E-state index contributed by atoms with van der Waals surface area (Å²) in [5, 5.41) is 0. The summed E-state index contributed by atoms with van der Waals surface area (Å²) in [7, 11) is 0. The molecule has 0 fully saturated rings. The Morgan fingerprint density at radius 1 is 1.12 bits per heavy atom. The first-order valence-electron chi connectivity index (χ1n) is 5.39. The summed E-state index contributed by atoms with van der Waals surface area (Å²) in [6.45, 7) is 2.17. The van der Waals surface area contributed by atoms with Crippen LogP contribution in [0.15, 0.2) is 42.5 Å². The number of rotatable bonds is 1. The Morgan fingerprint density at radius 2 is 1.94 bits per heavy atom. The van der Waals surface area contributed by atoms with Crippen molar-refractivity contribution in [1.82, 2.24) is 9.97 Å². The zero-order valence-corrected chi connectivity index (χ0v) is 9.14. The van der Waals surface area contributed by atoms with Crippen LogP contribution in [0.2, 0.25) is 0 Å². The Kier molecular flexibility index (Phi) is 2.07. The molecule has 2 nitrogen and oxygen atoms in total. The monoisotopic (exact) mass is 208 g/mol. The van der Waals surface area contributed by atoms with Crippen molar-refractivity contribution in [2.24, 2.45) is 0 Å². The van der Waals surface area contributed by atoms with Gasteiger partial charge in [0.2, 0.25) is 0 Å². The molecule has 0 unspecified atom stereocenters. The van der Waals surface area contributed by atoms with Crippen LogP contribution >= 0.6 is 0 Å². The Labute approximate surface area is 94.7 Å². The van der Waals surface area contributed by atoms with E-state index < -0.39 is 0 Å². The second-order valence-electron chi connectivity index (χ2n) is 4.17. The quantitative estimate of drug-likeness (QED) is 0.719. The molecule has 0 amide bonds. The molecule has 1 heterocycles. The van der Waals surface area contributed by atoms with E-state index in [9.17, 15) is 0 Å². The van der Waals surface area contributed by atoms with E-state index in [1.807, 2.05) is 12.4 Å². The van der Waals surface area contributed by atoms with E-state index in [4.69, 9.17) is 0 Å². The van der Waals surface area contributed by atoms with E-state index in [1.54, 1.807) is 6.33 Å². The summed E-state index contributed by atoms with van der Waals surface area (Å²) in [6, 6.07) is 6.43. The first-order chi connectivity index (χ1) is 7.84. The molecule has 0 N–H and O–H groups in total. The van der Waals surface area contributed by atoms with E-state index in [0.29, 0.717) is 0 Å². The Balaban J connectivity index is 2.20. The van der Waals surface area contributed by atoms with Crippen molar-refractivity contribution in [2.45, 2.75) is 13.3 Å². The molecule has 0 aliphatic heterocycles. The highest BCUT2D eigenvalue weighted by Crippen LogP contribution is 2.32. The van der Waals surface area contributed by atoms with Crippen LogP contribution in [0.25, 0.3) is 17.2 Å². The average molecular weight is 208 g/mol. The maximum absolute atomic E-state index is 4.07. The topological polar surface area (TPSA) is 25.8 Å². The molecule has 3 rings (SSSR count). The maximum atomic E-state index is 4.07. The fourth-order valence-electron chi connectivity index (χ4n) is 2.23. The maximum Gasteiger partial charge on any atom is 0.115 e. The lowest BCUT2D eigenvalue weighted by molar-refractivity contribution is 1.17. The largest absolute Gasteiger partial charge is 0.244 e. The minimum atomic E-state index is 1.07. The Bertz CT molecular complexity index is 556. The van der Waals surface area contributed by atoms with Gasteiger partial charge in [0, 0.05) is 18.0 Å². The molecule has 2 aromatic rings. The molecule has 2 heteroatoms. The van der Waals surface area contributed by atoms with Gasteiger partial charge in [0.15, 0.2) is 0 Å². The second kappa shape index (κ2) is 3.56. The highest BCUT2D eigenvalue weighted by atomic mass is 14.8. The minimum absolute atomic E-state index is 1.07. The Hall–Kier alpha value is -1.96. The van der Waals surface area contributed by atoms with Gasteiger partial charge in [-0.15, -0.1) is 0 Å². The van der Waals surface area contributed by atoms with Crippen LogP contribution in [0.4, 0.5) is 0 Å². The second-order valence-corrected chi connectivity index (χ2v) is 4.17. The van der Waals surface area contributed by atoms with Crippen molar-refractivity contribution >= 4 is 6.08 Å². The predicted octanol–water partition coefficient (Wildman–Crippen LogP) is 3.10. The van der Waals surface area contributed by atoms with Gasteiger partial charge < -0.3 is 0 Å². The van der Waals surface area contributed by atoms with Crippen LogP contribution in [0.1, 0.15) is 18.1 Å². The number of fused-ring (bicyclic) bond motifs is 1. The Morgan fingerprint density at radius 3 is 2.75 bits per heavy atom. The van der Waals surface area contributed by atoms with Crippen molar-refractivity contribution in [1.29, 1.82) is 0 Å². The highest BCUT2D eigenvalue weighted by molar-refractivity contribution is 5.79. The molecule has 0 radical (unpaired) electrons. The van der Waals surface area contributed by atoms with Gasteiger partial charge in [0.05, 0.1) is 0 Å². The molecule has 1 aromatic heterocycles. The third kappa shape index (κ3) is 1.43.